The average Bonchev–Trinajstić information content (AvgIpc) is 2.45. The van der Waals surface area contributed by atoms with Crippen molar-refractivity contribution in [2.75, 3.05) is 26.3 Å². The molecule has 0 saturated heterocycles. The van der Waals surface area contributed by atoms with Crippen molar-refractivity contribution in [1.82, 2.24) is 5.32 Å². The normalized spacial score (nSPS) is 10.2. The number of hydrogen-bond donors (Lipinski definition) is 1. The van der Waals surface area contributed by atoms with Crippen molar-refractivity contribution in [2.45, 2.75) is 26.7 Å². The van der Waals surface area contributed by atoms with E-state index in [0.29, 0.717) is 18.9 Å². The van der Waals surface area contributed by atoms with Crippen LogP contribution in [-0.4, -0.2) is 32.3 Å². The Morgan fingerprint density at radius 2 is 2.11 bits per heavy atom. The fraction of sp³-hybridized carbons (Fsp3) is 0.533. The molecule has 0 radical (unpaired) electrons. The van der Waals surface area contributed by atoms with Crippen LogP contribution in [0.15, 0.2) is 24.3 Å². The number of carbonyl (C=O) groups excluding carboxylic acids is 1. The fourth-order valence-electron chi connectivity index (χ4n) is 1.58. The molecule has 19 heavy (non-hydrogen) atoms. The van der Waals surface area contributed by atoms with E-state index in [4.69, 9.17) is 9.47 Å². The Morgan fingerprint density at radius 3 is 2.84 bits per heavy atom. The summed E-state index contributed by atoms with van der Waals surface area (Å²) in [6, 6.07) is 7.74. The molecule has 0 aliphatic carbocycles. The van der Waals surface area contributed by atoms with E-state index in [1.807, 2.05) is 24.3 Å². The molecule has 106 valence electrons. The predicted octanol–water partition coefficient (Wildman–Crippen LogP) is 2.17. The summed E-state index contributed by atoms with van der Waals surface area (Å²) in [4.78, 5) is 11.4. The first-order valence-electron chi connectivity index (χ1n) is 6.84. The lowest BCUT2D eigenvalue weighted by molar-refractivity contribution is -0.145. The van der Waals surface area contributed by atoms with Gasteiger partial charge >= 0.3 is 5.97 Å². The number of esters is 1. The molecular formula is C15H23NO3. The molecule has 0 atom stereocenters. The van der Waals surface area contributed by atoms with Gasteiger partial charge in [-0.05, 0) is 37.1 Å². The molecular weight excluding hydrogens is 242 g/mol. The lowest BCUT2D eigenvalue weighted by Gasteiger charge is -2.08. The summed E-state index contributed by atoms with van der Waals surface area (Å²) in [5.74, 6) is 0.376. The lowest BCUT2D eigenvalue weighted by Crippen LogP contribution is -2.24. The maximum Gasteiger partial charge on any atom is 0.344 e. The molecule has 4 heteroatoms. The van der Waals surface area contributed by atoms with Gasteiger partial charge in [-0.2, -0.15) is 0 Å². The van der Waals surface area contributed by atoms with E-state index >= 15 is 0 Å². The first-order chi connectivity index (χ1) is 9.26. The Kier molecular flexibility index (Phi) is 7.66. The van der Waals surface area contributed by atoms with Crippen molar-refractivity contribution in [3.8, 4) is 5.75 Å². The van der Waals surface area contributed by atoms with Crippen LogP contribution in [-0.2, 0) is 16.0 Å². The van der Waals surface area contributed by atoms with E-state index in [1.54, 1.807) is 0 Å². The molecule has 1 rings (SSSR count). The van der Waals surface area contributed by atoms with Crippen LogP contribution in [0.2, 0.25) is 0 Å². The molecule has 0 bridgehead atoms. The monoisotopic (exact) mass is 265 g/mol. The van der Waals surface area contributed by atoms with Crippen molar-refractivity contribution < 1.29 is 14.3 Å². The quantitative estimate of drug-likeness (QED) is 0.549. The maximum absolute atomic E-state index is 11.4. The largest absolute Gasteiger partial charge is 0.482 e. The zero-order valence-corrected chi connectivity index (χ0v) is 11.8. The minimum atomic E-state index is -0.333. The predicted molar refractivity (Wildman–Crippen MR) is 75.4 cm³/mol. The van der Waals surface area contributed by atoms with Crippen LogP contribution in [0.5, 0.6) is 5.75 Å². The second-order valence-electron chi connectivity index (χ2n) is 4.26. The van der Waals surface area contributed by atoms with Crippen molar-refractivity contribution in [3.63, 3.8) is 0 Å². The van der Waals surface area contributed by atoms with Gasteiger partial charge in [0, 0.05) is 6.54 Å². The van der Waals surface area contributed by atoms with E-state index in [9.17, 15) is 4.79 Å². The molecule has 0 heterocycles. The average molecular weight is 265 g/mol. The third kappa shape index (κ3) is 6.82. The number of carbonyl (C=O) groups is 1. The molecule has 1 N–H and O–H groups in total. The van der Waals surface area contributed by atoms with Crippen LogP contribution >= 0.6 is 0 Å². The highest BCUT2D eigenvalue weighted by molar-refractivity contribution is 5.71. The second kappa shape index (κ2) is 9.39. The van der Waals surface area contributed by atoms with Crippen LogP contribution in [0, 0.1) is 0 Å². The number of hydrogen-bond acceptors (Lipinski definition) is 4. The van der Waals surface area contributed by atoms with Gasteiger partial charge in [0.25, 0.3) is 0 Å². The highest BCUT2D eigenvalue weighted by atomic mass is 16.6. The van der Waals surface area contributed by atoms with Crippen LogP contribution in [0.4, 0.5) is 0 Å². The van der Waals surface area contributed by atoms with Gasteiger partial charge in [-0.15, -0.1) is 0 Å². The van der Waals surface area contributed by atoms with Crippen molar-refractivity contribution >= 4 is 5.97 Å². The maximum atomic E-state index is 11.4. The molecule has 1 aromatic carbocycles. The van der Waals surface area contributed by atoms with Gasteiger partial charge in [0.15, 0.2) is 6.61 Å². The van der Waals surface area contributed by atoms with Crippen molar-refractivity contribution in [2.24, 2.45) is 0 Å². The Morgan fingerprint density at radius 1 is 1.26 bits per heavy atom. The Labute approximate surface area is 115 Å². The van der Waals surface area contributed by atoms with Gasteiger partial charge in [-0.1, -0.05) is 26.0 Å². The van der Waals surface area contributed by atoms with E-state index in [2.05, 4.69) is 19.2 Å². The minimum absolute atomic E-state index is 0.0407. The van der Waals surface area contributed by atoms with Gasteiger partial charge in [-0.3, -0.25) is 0 Å². The SMILES string of the molecule is CCCNCCOC(=O)COc1cccc(CC)c1. The molecule has 0 unspecified atom stereocenters. The Balaban J connectivity index is 2.18. The van der Waals surface area contributed by atoms with E-state index < -0.39 is 0 Å². The number of ether oxygens (including phenoxy) is 2. The van der Waals surface area contributed by atoms with Crippen LogP contribution < -0.4 is 10.1 Å². The van der Waals surface area contributed by atoms with Gasteiger partial charge in [-0.25, -0.2) is 4.79 Å². The standard InChI is InChI=1S/C15H23NO3/c1-3-8-16-9-10-18-15(17)12-19-14-7-5-6-13(4-2)11-14/h5-7,11,16H,3-4,8-10,12H2,1-2H3. The summed E-state index contributed by atoms with van der Waals surface area (Å²) < 4.78 is 10.4. The Hall–Kier alpha value is -1.55. The van der Waals surface area contributed by atoms with Gasteiger partial charge in [0.1, 0.15) is 12.4 Å². The summed E-state index contributed by atoms with van der Waals surface area (Å²) in [5, 5.41) is 3.16. The van der Waals surface area contributed by atoms with Crippen LogP contribution in [0.25, 0.3) is 0 Å². The molecule has 0 spiro atoms. The zero-order valence-electron chi connectivity index (χ0n) is 11.8. The van der Waals surface area contributed by atoms with Crippen molar-refractivity contribution in [1.29, 1.82) is 0 Å². The van der Waals surface area contributed by atoms with E-state index in [1.165, 1.54) is 5.56 Å². The lowest BCUT2D eigenvalue weighted by atomic mass is 10.2. The van der Waals surface area contributed by atoms with Gasteiger partial charge in [0.2, 0.25) is 0 Å². The summed E-state index contributed by atoms with van der Waals surface area (Å²) in [5.41, 5.74) is 1.19. The summed E-state index contributed by atoms with van der Waals surface area (Å²) in [6.45, 7) is 6.15. The first-order valence-corrected chi connectivity index (χ1v) is 6.84. The summed E-state index contributed by atoms with van der Waals surface area (Å²) >= 11 is 0. The van der Waals surface area contributed by atoms with Crippen LogP contribution in [0.3, 0.4) is 0 Å². The topological polar surface area (TPSA) is 47.6 Å². The van der Waals surface area contributed by atoms with E-state index in [0.717, 1.165) is 19.4 Å². The molecule has 0 aliphatic rings. The number of rotatable bonds is 9. The zero-order chi connectivity index (χ0) is 13.9. The summed E-state index contributed by atoms with van der Waals surface area (Å²) in [6.07, 6.45) is 2.02. The molecule has 0 saturated carbocycles. The minimum Gasteiger partial charge on any atom is -0.482 e. The van der Waals surface area contributed by atoms with Crippen molar-refractivity contribution in [3.05, 3.63) is 29.8 Å². The third-order valence-corrected chi connectivity index (χ3v) is 2.63. The second-order valence-corrected chi connectivity index (χ2v) is 4.26. The third-order valence-electron chi connectivity index (χ3n) is 2.63. The number of nitrogens with one attached hydrogen (secondary N) is 1. The highest BCUT2D eigenvalue weighted by Crippen LogP contribution is 2.13. The Bertz CT molecular complexity index is 379. The van der Waals surface area contributed by atoms with E-state index in [-0.39, 0.29) is 12.6 Å². The fourth-order valence-corrected chi connectivity index (χ4v) is 1.58. The molecule has 1 aromatic rings. The van der Waals surface area contributed by atoms with Crippen LogP contribution in [0.1, 0.15) is 25.8 Å². The van der Waals surface area contributed by atoms with Gasteiger partial charge < -0.3 is 14.8 Å². The molecule has 4 nitrogen and oxygen atoms in total. The highest BCUT2D eigenvalue weighted by Gasteiger charge is 2.04. The smallest absolute Gasteiger partial charge is 0.344 e. The summed E-state index contributed by atoms with van der Waals surface area (Å²) in [7, 11) is 0. The number of benzene rings is 1. The molecule has 0 aliphatic heterocycles. The van der Waals surface area contributed by atoms with Gasteiger partial charge in [0.05, 0.1) is 0 Å². The molecule has 0 amide bonds. The number of aryl methyl sites for hydroxylation is 1. The molecule has 0 fully saturated rings. The first kappa shape index (κ1) is 15.5. The molecule has 0 aromatic heterocycles.